The van der Waals surface area contributed by atoms with Crippen molar-refractivity contribution in [3.8, 4) is 0 Å². The van der Waals surface area contributed by atoms with E-state index in [0.29, 0.717) is 6.04 Å². The first kappa shape index (κ1) is 15.2. The summed E-state index contributed by atoms with van der Waals surface area (Å²) in [6.45, 7) is 14.0. The Bertz CT molecular complexity index is 389. The van der Waals surface area contributed by atoms with Crippen molar-refractivity contribution in [1.29, 1.82) is 0 Å². The monoisotopic (exact) mass is 248 g/mol. The van der Waals surface area contributed by atoms with E-state index in [0.717, 1.165) is 6.54 Å². The highest BCUT2D eigenvalue weighted by Crippen LogP contribution is 2.26. The number of benzene rings is 1. The van der Waals surface area contributed by atoms with E-state index in [1.165, 1.54) is 16.7 Å². The Balaban J connectivity index is 2.85. The van der Waals surface area contributed by atoms with Crippen LogP contribution in [0.2, 0.25) is 0 Å². The lowest BCUT2D eigenvalue weighted by Gasteiger charge is -2.23. The van der Waals surface area contributed by atoms with Gasteiger partial charge in [0.05, 0.1) is 0 Å². The molecule has 0 heterocycles. The van der Waals surface area contributed by atoms with Gasteiger partial charge in [-0.2, -0.15) is 0 Å². The van der Waals surface area contributed by atoms with Crippen LogP contribution in [0.4, 0.5) is 0 Å². The number of rotatable bonds is 4. The van der Waals surface area contributed by atoms with Gasteiger partial charge >= 0.3 is 0 Å². The van der Waals surface area contributed by atoms with Gasteiger partial charge in [-0.3, -0.25) is 0 Å². The molecule has 1 rings (SSSR count). The first-order chi connectivity index (χ1) is 8.21. The third-order valence-corrected chi connectivity index (χ3v) is 3.28. The van der Waals surface area contributed by atoms with Gasteiger partial charge in [0.15, 0.2) is 0 Å². The molecule has 1 aromatic carbocycles. The number of hydrogen-bond donors (Lipinski definition) is 2. The Kier molecular flexibility index (Phi) is 4.94. The van der Waals surface area contributed by atoms with Crippen molar-refractivity contribution in [2.75, 3.05) is 6.54 Å². The van der Waals surface area contributed by atoms with Crippen LogP contribution in [0.1, 0.15) is 57.4 Å². The summed E-state index contributed by atoms with van der Waals surface area (Å²) in [6.07, 6.45) is 0. The number of hydrogen-bond acceptors (Lipinski definition) is 2. The lowest BCUT2D eigenvalue weighted by atomic mass is 9.84. The van der Waals surface area contributed by atoms with Crippen molar-refractivity contribution in [3.63, 3.8) is 0 Å². The molecular formula is C16H28N2. The molecule has 2 nitrogen and oxygen atoms in total. The minimum absolute atomic E-state index is 0.0708. The summed E-state index contributed by atoms with van der Waals surface area (Å²) in [7, 11) is 0. The predicted octanol–water partition coefficient (Wildman–Crippen LogP) is 3.29. The molecule has 3 N–H and O–H groups in total. The second-order valence-electron chi connectivity index (χ2n) is 6.49. The number of aryl methyl sites for hydroxylation is 1. The molecule has 2 heteroatoms. The summed E-state index contributed by atoms with van der Waals surface area (Å²) in [5.41, 5.74) is 10.3. The Morgan fingerprint density at radius 3 is 2.28 bits per heavy atom. The van der Waals surface area contributed by atoms with E-state index in [-0.39, 0.29) is 11.5 Å². The fourth-order valence-electron chi connectivity index (χ4n) is 2.03. The average molecular weight is 248 g/mol. The van der Waals surface area contributed by atoms with E-state index in [2.05, 4.69) is 65.1 Å². The van der Waals surface area contributed by atoms with Gasteiger partial charge in [-0.15, -0.1) is 0 Å². The molecule has 0 fully saturated rings. The molecule has 0 aliphatic rings. The molecule has 0 bridgehead atoms. The smallest absolute Gasteiger partial charge is 0.0424 e. The van der Waals surface area contributed by atoms with Crippen molar-refractivity contribution >= 4 is 0 Å². The molecule has 102 valence electrons. The van der Waals surface area contributed by atoms with E-state index >= 15 is 0 Å². The Hall–Kier alpha value is -0.860. The van der Waals surface area contributed by atoms with Gasteiger partial charge in [-0.25, -0.2) is 0 Å². The largest absolute Gasteiger partial charge is 0.323 e. The van der Waals surface area contributed by atoms with E-state index in [9.17, 15) is 0 Å². The highest BCUT2D eigenvalue weighted by Gasteiger charge is 2.16. The van der Waals surface area contributed by atoms with Crippen molar-refractivity contribution in [2.45, 2.75) is 59.0 Å². The third kappa shape index (κ3) is 4.11. The average Bonchev–Trinajstić information content (AvgIpc) is 2.24. The predicted molar refractivity (Wildman–Crippen MR) is 79.9 cm³/mol. The molecule has 0 spiro atoms. The Morgan fingerprint density at radius 1 is 1.22 bits per heavy atom. The maximum Gasteiger partial charge on any atom is 0.0424 e. The summed E-state index contributed by atoms with van der Waals surface area (Å²) < 4.78 is 0. The van der Waals surface area contributed by atoms with Crippen LogP contribution in [0.25, 0.3) is 0 Å². The Labute approximate surface area is 112 Å². The Morgan fingerprint density at radius 2 is 1.83 bits per heavy atom. The molecule has 0 aliphatic heterocycles. The van der Waals surface area contributed by atoms with E-state index < -0.39 is 0 Å². The standard InChI is InChI=1S/C16H28N2/c1-11(2)18-10-15(17)14-8-7-13(9-12(14)3)16(4,5)6/h7-9,11,15,18H,10,17H2,1-6H3. The van der Waals surface area contributed by atoms with Crippen molar-refractivity contribution < 1.29 is 0 Å². The van der Waals surface area contributed by atoms with E-state index in [4.69, 9.17) is 5.73 Å². The van der Waals surface area contributed by atoms with Crippen LogP contribution in [0.5, 0.6) is 0 Å². The summed E-state index contributed by atoms with van der Waals surface area (Å²) >= 11 is 0. The maximum absolute atomic E-state index is 6.24. The van der Waals surface area contributed by atoms with Crippen LogP contribution in [0, 0.1) is 6.92 Å². The zero-order valence-corrected chi connectivity index (χ0v) is 12.7. The molecule has 1 unspecified atom stereocenters. The highest BCUT2D eigenvalue weighted by atomic mass is 14.9. The topological polar surface area (TPSA) is 38.0 Å². The lowest BCUT2D eigenvalue weighted by molar-refractivity contribution is 0.535. The van der Waals surface area contributed by atoms with Crippen LogP contribution in [-0.2, 0) is 5.41 Å². The molecule has 0 radical (unpaired) electrons. The highest BCUT2D eigenvalue weighted by molar-refractivity contribution is 5.36. The molecule has 0 saturated heterocycles. The first-order valence-corrected chi connectivity index (χ1v) is 6.82. The van der Waals surface area contributed by atoms with Crippen LogP contribution < -0.4 is 11.1 Å². The zero-order chi connectivity index (χ0) is 13.9. The molecule has 18 heavy (non-hydrogen) atoms. The molecule has 0 saturated carbocycles. The fraction of sp³-hybridized carbons (Fsp3) is 0.625. The second-order valence-corrected chi connectivity index (χ2v) is 6.49. The number of nitrogens with one attached hydrogen (secondary N) is 1. The van der Waals surface area contributed by atoms with Crippen molar-refractivity contribution in [2.24, 2.45) is 5.73 Å². The molecule has 0 aromatic heterocycles. The van der Waals surface area contributed by atoms with Gasteiger partial charge in [0, 0.05) is 18.6 Å². The molecule has 1 aromatic rings. The van der Waals surface area contributed by atoms with Gasteiger partial charge in [-0.1, -0.05) is 52.8 Å². The summed E-state index contributed by atoms with van der Waals surface area (Å²) in [4.78, 5) is 0. The summed E-state index contributed by atoms with van der Waals surface area (Å²) in [6, 6.07) is 7.21. The first-order valence-electron chi connectivity index (χ1n) is 6.82. The number of nitrogens with two attached hydrogens (primary N) is 1. The van der Waals surface area contributed by atoms with Crippen LogP contribution in [0.3, 0.4) is 0 Å². The van der Waals surface area contributed by atoms with E-state index in [1.54, 1.807) is 0 Å². The second kappa shape index (κ2) is 5.85. The molecule has 0 amide bonds. The fourth-order valence-corrected chi connectivity index (χ4v) is 2.03. The van der Waals surface area contributed by atoms with Gasteiger partial charge in [-0.05, 0) is 29.0 Å². The normalized spacial score (nSPS) is 14.0. The molecule has 0 aliphatic carbocycles. The van der Waals surface area contributed by atoms with Crippen molar-refractivity contribution in [3.05, 3.63) is 34.9 Å². The summed E-state index contributed by atoms with van der Waals surface area (Å²) in [5.74, 6) is 0. The molecular weight excluding hydrogens is 220 g/mol. The summed E-state index contributed by atoms with van der Waals surface area (Å²) in [5, 5.41) is 3.39. The maximum atomic E-state index is 6.24. The van der Waals surface area contributed by atoms with Gasteiger partial charge in [0.25, 0.3) is 0 Å². The lowest BCUT2D eigenvalue weighted by Crippen LogP contribution is -2.32. The quantitative estimate of drug-likeness (QED) is 0.858. The minimum Gasteiger partial charge on any atom is -0.323 e. The van der Waals surface area contributed by atoms with E-state index in [1.807, 2.05) is 0 Å². The minimum atomic E-state index is 0.0708. The zero-order valence-electron chi connectivity index (χ0n) is 12.7. The van der Waals surface area contributed by atoms with Gasteiger partial charge < -0.3 is 11.1 Å². The third-order valence-electron chi connectivity index (χ3n) is 3.28. The van der Waals surface area contributed by atoms with Gasteiger partial charge in [0.2, 0.25) is 0 Å². The van der Waals surface area contributed by atoms with Crippen LogP contribution in [-0.4, -0.2) is 12.6 Å². The van der Waals surface area contributed by atoms with Crippen LogP contribution in [0.15, 0.2) is 18.2 Å². The van der Waals surface area contributed by atoms with Crippen LogP contribution >= 0.6 is 0 Å². The van der Waals surface area contributed by atoms with Crippen molar-refractivity contribution in [1.82, 2.24) is 5.32 Å². The molecule has 1 atom stereocenters. The SMILES string of the molecule is Cc1cc(C(C)(C)C)ccc1C(N)CNC(C)C. The van der Waals surface area contributed by atoms with Gasteiger partial charge in [0.1, 0.15) is 0 Å².